The zero-order valence-electron chi connectivity index (χ0n) is 11.9. The first-order valence-electron chi connectivity index (χ1n) is 7.06. The van der Waals surface area contributed by atoms with Gasteiger partial charge in [-0.3, -0.25) is 9.69 Å². The maximum atomic E-state index is 13.1. The van der Waals surface area contributed by atoms with Crippen LogP contribution in [-0.2, 0) is 11.2 Å². The standard InChI is InChI=1S/C15H22FN3O/c1-18(9-10-19-7-5-17-6-8-19)15(20)12-13-3-2-4-14(16)11-13/h2-4,11,17H,5-10,12H2,1H3. The molecule has 0 spiro atoms. The average molecular weight is 279 g/mol. The predicted octanol–water partition coefficient (Wildman–Crippen LogP) is 0.732. The topological polar surface area (TPSA) is 35.6 Å². The second kappa shape index (κ2) is 7.36. The van der Waals surface area contributed by atoms with Crippen LogP contribution in [0.5, 0.6) is 0 Å². The Bertz CT molecular complexity index is 446. The van der Waals surface area contributed by atoms with Gasteiger partial charge in [-0.1, -0.05) is 12.1 Å². The average Bonchev–Trinajstić information content (AvgIpc) is 2.46. The minimum atomic E-state index is -0.293. The van der Waals surface area contributed by atoms with Crippen molar-refractivity contribution >= 4 is 5.91 Å². The van der Waals surface area contributed by atoms with Crippen molar-refractivity contribution in [3.63, 3.8) is 0 Å². The second-order valence-electron chi connectivity index (χ2n) is 5.21. The Labute approximate surface area is 119 Å². The number of likely N-dealkylation sites (N-methyl/N-ethyl adjacent to an activating group) is 1. The van der Waals surface area contributed by atoms with Crippen molar-refractivity contribution in [2.75, 3.05) is 46.3 Å². The maximum absolute atomic E-state index is 13.1. The third-order valence-electron chi connectivity index (χ3n) is 3.63. The van der Waals surface area contributed by atoms with Crippen LogP contribution < -0.4 is 5.32 Å². The van der Waals surface area contributed by atoms with Crippen molar-refractivity contribution in [1.82, 2.24) is 15.1 Å². The molecule has 0 saturated carbocycles. The van der Waals surface area contributed by atoms with Crippen molar-refractivity contribution in [2.24, 2.45) is 0 Å². The summed E-state index contributed by atoms with van der Waals surface area (Å²) in [5, 5.41) is 3.31. The van der Waals surface area contributed by atoms with E-state index >= 15 is 0 Å². The molecule has 0 aromatic heterocycles. The molecular formula is C15H22FN3O. The van der Waals surface area contributed by atoms with E-state index in [0.717, 1.165) is 38.3 Å². The minimum absolute atomic E-state index is 0.0331. The van der Waals surface area contributed by atoms with Crippen molar-refractivity contribution in [2.45, 2.75) is 6.42 Å². The molecule has 0 radical (unpaired) electrons. The van der Waals surface area contributed by atoms with Gasteiger partial charge in [-0.05, 0) is 17.7 Å². The molecule has 4 nitrogen and oxygen atoms in total. The van der Waals surface area contributed by atoms with E-state index in [1.165, 1.54) is 12.1 Å². The number of carbonyl (C=O) groups excluding carboxylic acids is 1. The highest BCUT2D eigenvalue weighted by molar-refractivity contribution is 5.78. The van der Waals surface area contributed by atoms with Crippen LogP contribution in [0.3, 0.4) is 0 Å². The van der Waals surface area contributed by atoms with E-state index in [1.807, 2.05) is 7.05 Å². The molecule has 110 valence electrons. The van der Waals surface area contributed by atoms with E-state index in [4.69, 9.17) is 0 Å². The highest BCUT2D eigenvalue weighted by atomic mass is 19.1. The van der Waals surface area contributed by atoms with Crippen LogP contribution in [0.15, 0.2) is 24.3 Å². The van der Waals surface area contributed by atoms with Gasteiger partial charge in [0.25, 0.3) is 0 Å². The Morgan fingerprint density at radius 2 is 2.15 bits per heavy atom. The Hall–Kier alpha value is -1.46. The zero-order chi connectivity index (χ0) is 14.4. The predicted molar refractivity (Wildman–Crippen MR) is 77.1 cm³/mol. The molecule has 2 rings (SSSR count). The molecule has 1 heterocycles. The van der Waals surface area contributed by atoms with Gasteiger partial charge in [0.1, 0.15) is 5.82 Å². The van der Waals surface area contributed by atoms with E-state index in [-0.39, 0.29) is 18.1 Å². The summed E-state index contributed by atoms with van der Waals surface area (Å²) in [6.07, 6.45) is 0.260. The van der Waals surface area contributed by atoms with Crippen LogP contribution in [0.25, 0.3) is 0 Å². The number of piperazine rings is 1. The normalized spacial score (nSPS) is 16.1. The lowest BCUT2D eigenvalue weighted by molar-refractivity contribution is -0.129. The fourth-order valence-corrected chi connectivity index (χ4v) is 2.31. The molecule has 1 aromatic rings. The SMILES string of the molecule is CN(CCN1CCNCC1)C(=O)Cc1cccc(F)c1. The molecule has 0 aliphatic carbocycles. The fraction of sp³-hybridized carbons (Fsp3) is 0.533. The fourth-order valence-electron chi connectivity index (χ4n) is 2.31. The Morgan fingerprint density at radius 3 is 2.85 bits per heavy atom. The first-order chi connectivity index (χ1) is 9.65. The largest absolute Gasteiger partial charge is 0.344 e. The lowest BCUT2D eigenvalue weighted by Gasteiger charge is -2.29. The van der Waals surface area contributed by atoms with Gasteiger partial charge in [0.05, 0.1) is 6.42 Å². The third-order valence-corrected chi connectivity index (χ3v) is 3.63. The van der Waals surface area contributed by atoms with Crippen molar-refractivity contribution in [3.05, 3.63) is 35.6 Å². The number of carbonyl (C=O) groups is 1. The number of halogens is 1. The number of hydrogen-bond acceptors (Lipinski definition) is 3. The van der Waals surface area contributed by atoms with Gasteiger partial charge in [-0.15, -0.1) is 0 Å². The Balaban J connectivity index is 1.76. The molecule has 0 bridgehead atoms. The molecule has 1 N–H and O–H groups in total. The minimum Gasteiger partial charge on any atom is -0.344 e. The number of nitrogens with zero attached hydrogens (tertiary/aromatic N) is 2. The van der Waals surface area contributed by atoms with Crippen LogP contribution in [0.2, 0.25) is 0 Å². The molecule has 20 heavy (non-hydrogen) atoms. The summed E-state index contributed by atoms with van der Waals surface area (Å²) in [5.41, 5.74) is 0.726. The molecule has 0 unspecified atom stereocenters. The maximum Gasteiger partial charge on any atom is 0.226 e. The number of benzene rings is 1. The number of nitrogens with one attached hydrogen (secondary N) is 1. The first kappa shape index (κ1) is 14.9. The molecule has 1 fully saturated rings. The molecule has 1 aliphatic rings. The van der Waals surface area contributed by atoms with Crippen molar-refractivity contribution < 1.29 is 9.18 Å². The summed E-state index contributed by atoms with van der Waals surface area (Å²) >= 11 is 0. The van der Waals surface area contributed by atoms with Crippen molar-refractivity contribution in [3.8, 4) is 0 Å². The lowest BCUT2D eigenvalue weighted by Crippen LogP contribution is -2.46. The molecule has 1 saturated heterocycles. The summed E-state index contributed by atoms with van der Waals surface area (Å²) < 4.78 is 13.1. The zero-order valence-corrected chi connectivity index (χ0v) is 11.9. The Kier molecular flexibility index (Phi) is 5.49. The van der Waals surface area contributed by atoms with E-state index in [2.05, 4.69) is 10.2 Å². The van der Waals surface area contributed by atoms with E-state index < -0.39 is 0 Å². The van der Waals surface area contributed by atoms with E-state index in [1.54, 1.807) is 17.0 Å². The van der Waals surface area contributed by atoms with Gasteiger partial charge in [0, 0.05) is 46.3 Å². The van der Waals surface area contributed by atoms with Gasteiger partial charge in [0.15, 0.2) is 0 Å². The molecular weight excluding hydrogens is 257 g/mol. The van der Waals surface area contributed by atoms with Gasteiger partial charge < -0.3 is 10.2 Å². The van der Waals surface area contributed by atoms with Gasteiger partial charge >= 0.3 is 0 Å². The molecule has 1 aromatic carbocycles. The lowest BCUT2D eigenvalue weighted by atomic mass is 10.1. The summed E-state index contributed by atoms with van der Waals surface area (Å²) in [5.74, 6) is -0.260. The number of hydrogen-bond donors (Lipinski definition) is 1. The monoisotopic (exact) mass is 279 g/mol. The van der Waals surface area contributed by atoms with E-state index in [0.29, 0.717) is 6.54 Å². The summed E-state index contributed by atoms with van der Waals surface area (Å²) in [4.78, 5) is 16.1. The van der Waals surface area contributed by atoms with Gasteiger partial charge in [0.2, 0.25) is 5.91 Å². The van der Waals surface area contributed by atoms with Crippen LogP contribution in [-0.4, -0.2) is 62.0 Å². The molecule has 0 atom stereocenters. The van der Waals surface area contributed by atoms with Gasteiger partial charge in [-0.25, -0.2) is 4.39 Å². The summed E-state index contributed by atoms with van der Waals surface area (Å²) in [6, 6.07) is 6.23. The molecule has 1 amide bonds. The molecule has 5 heteroatoms. The van der Waals surface area contributed by atoms with E-state index in [9.17, 15) is 9.18 Å². The van der Waals surface area contributed by atoms with Crippen LogP contribution >= 0.6 is 0 Å². The van der Waals surface area contributed by atoms with Gasteiger partial charge in [-0.2, -0.15) is 0 Å². The highest BCUT2D eigenvalue weighted by Gasteiger charge is 2.13. The quantitative estimate of drug-likeness (QED) is 0.863. The molecule has 1 aliphatic heterocycles. The Morgan fingerprint density at radius 1 is 1.40 bits per heavy atom. The van der Waals surface area contributed by atoms with Crippen LogP contribution in [0.1, 0.15) is 5.56 Å². The third kappa shape index (κ3) is 4.58. The van der Waals surface area contributed by atoms with Crippen LogP contribution in [0.4, 0.5) is 4.39 Å². The first-order valence-corrected chi connectivity index (χ1v) is 7.06. The summed E-state index contributed by atoms with van der Waals surface area (Å²) in [6.45, 7) is 5.71. The second-order valence-corrected chi connectivity index (χ2v) is 5.21. The number of amides is 1. The summed E-state index contributed by atoms with van der Waals surface area (Å²) in [7, 11) is 1.81. The van der Waals surface area contributed by atoms with Crippen molar-refractivity contribution in [1.29, 1.82) is 0 Å². The number of rotatable bonds is 5. The van der Waals surface area contributed by atoms with Crippen LogP contribution in [0, 0.1) is 5.82 Å². The smallest absolute Gasteiger partial charge is 0.226 e. The highest BCUT2D eigenvalue weighted by Crippen LogP contribution is 2.06.